The van der Waals surface area contributed by atoms with Crippen molar-refractivity contribution in [1.29, 1.82) is 0 Å². The molecule has 3 aliphatic rings. The maximum absolute atomic E-state index is 11.9. The van der Waals surface area contributed by atoms with E-state index >= 15 is 0 Å². The van der Waals surface area contributed by atoms with Crippen LogP contribution >= 0.6 is 0 Å². The van der Waals surface area contributed by atoms with Crippen LogP contribution in [0.4, 0.5) is 4.79 Å². The molecule has 102 valence electrons. The Kier molecular flexibility index (Phi) is 2.61. The predicted octanol–water partition coefficient (Wildman–Crippen LogP) is 2.93. The molecule has 0 radical (unpaired) electrons. The number of amides is 1. The lowest BCUT2D eigenvalue weighted by molar-refractivity contribution is -0.233. The van der Waals surface area contributed by atoms with Gasteiger partial charge in [-0.2, -0.15) is 0 Å². The molecule has 2 unspecified atom stereocenters. The van der Waals surface area contributed by atoms with Crippen molar-refractivity contribution >= 4 is 6.09 Å². The van der Waals surface area contributed by atoms with Crippen LogP contribution in [0.15, 0.2) is 24.3 Å². The summed E-state index contributed by atoms with van der Waals surface area (Å²) >= 11 is 0. The van der Waals surface area contributed by atoms with Crippen LogP contribution in [0.1, 0.15) is 44.4 Å². The van der Waals surface area contributed by atoms with Crippen molar-refractivity contribution in [2.24, 2.45) is 0 Å². The van der Waals surface area contributed by atoms with Crippen LogP contribution in [0, 0.1) is 0 Å². The molecule has 4 nitrogen and oxygen atoms in total. The van der Waals surface area contributed by atoms with Gasteiger partial charge in [0.1, 0.15) is 5.60 Å². The van der Waals surface area contributed by atoms with E-state index in [2.05, 4.69) is 17.4 Å². The Morgan fingerprint density at radius 2 is 2.11 bits per heavy atom. The highest BCUT2D eigenvalue weighted by molar-refractivity contribution is 5.69. The molecular formula is C15H19NO3. The fourth-order valence-electron chi connectivity index (χ4n) is 2.78. The van der Waals surface area contributed by atoms with E-state index in [9.17, 15) is 4.79 Å². The fourth-order valence-corrected chi connectivity index (χ4v) is 2.78. The van der Waals surface area contributed by atoms with Crippen molar-refractivity contribution < 1.29 is 14.3 Å². The van der Waals surface area contributed by atoms with Crippen LogP contribution in [-0.2, 0) is 15.9 Å². The molecule has 19 heavy (non-hydrogen) atoms. The van der Waals surface area contributed by atoms with Gasteiger partial charge in [0.25, 0.3) is 0 Å². The molecule has 2 heterocycles. The number of ether oxygens (including phenoxy) is 2. The second-order valence-electron chi connectivity index (χ2n) is 6.31. The van der Waals surface area contributed by atoms with E-state index in [-0.39, 0.29) is 6.10 Å². The molecule has 0 spiro atoms. The molecular weight excluding hydrogens is 242 g/mol. The third kappa shape index (κ3) is 2.32. The molecule has 1 fully saturated rings. The van der Waals surface area contributed by atoms with Gasteiger partial charge < -0.3 is 9.47 Å². The van der Waals surface area contributed by atoms with Gasteiger partial charge in [0.05, 0.1) is 6.10 Å². The second kappa shape index (κ2) is 3.97. The highest BCUT2D eigenvalue weighted by atomic mass is 16.6. The number of hydrogen-bond donors (Lipinski definition) is 1. The molecule has 0 aromatic heterocycles. The van der Waals surface area contributed by atoms with Crippen LogP contribution in [0.3, 0.4) is 0 Å². The average Bonchev–Trinajstić information content (AvgIpc) is 2.24. The molecule has 2 aliphatic heterocycles. The minimum absolute atomic E-state index is 0.111. The number of nitrogens with one attached hydrogen (secondary N) is 1. The third-order valence-corrected chi connectivity index (χ3v) is 3.49. The molecule has 1 aliphatic carbocycles. The van der Waals surface area contributed by atoms with E-state index in [0.29, 0.717) is 6.42 Å². The molecule has 1 aromatic carbocycles. The van der Waals surface area contributed by atoms with Crippen molar-refractivity contribution in [2.45, 2.75) is 51.0 Å². The molecule has 1 amide bonds. The molecule has 2 bridgehead atoms. The summed E-state index contributed by atoms with van der Waals surface area (Å²) in [5.74, 6) is 0. The van der Waals surface area contributed by atoms with Crippen LogP contribution < -0.4 is 5.32 Å². The maximum atomic E-state index is 11.9. The predicted molar refractivity (Wildman–Crippen MR) is 70.7 cm³/mol. The fraction of sp³-hybridized carbons (Fsp3) is 0.533. The summed E-state index contributed by atoms with van der Waals surface area (Å²) in [5, 5.41) is 2.88. The summed E-state index contributed by atoms with van der Waals surface area (Å²) in [6, 6.07) is 8.23. The van der Waals surface area contributed by atoms with Gasteiger partial charge in [0, 0.05) is 12.8 Å². The lowest BCUT2D eigenvalue weighted by Crippen LogP contribution is -2.63. The van der Waals surface area contributed by atoms with Gasteiger partial charge in [-0.25, -0.2) is 4.79 Å². The monoisotopic (exact) mass is 261 g/mol. The van der Waals surface area contributed by atoms with Gasteiger partial charge in [-0.1, -0.05) is 24.3 Å². The first-order valence-electron chi connectivity index (χ1n) is 6.64. The van der Waals surface area contributed by atoms with Crippen LogP contribution in [0.2, 0.25) is 0 Å². The highest BCUT2D eigenvalue weighted by Gasteiger charge is 2.52. The zero-order valence-electron chi connectivity index (χ0n) is 11.5. The minimum Gasteiger partial charge on any atom is -0.444 e. The van der Waals surface area contributed by atoms with Crippen LogP contribution in [0.25, 0.3) is 0 Å². The number of benzene rings is 1. The molecule has 4 heteroatoms. The van der Waals surface area contributed by atoms with Crippen molar-refractivity contribution in [1.82, 2.24) is 5.32 Å². The number of hydrogen-bond acceptors (Lipinski definition) is 3. The van der Waals surface area contributed by atoms with Gasteiger partial charge in [-0.15, -0.1) is 0 Å². The molecule has 4 rings (SSSR count). The largest absolute Gasteiger partial charge is 0.444 e. The molecule has 2 atom stereocenters. The molecule has 1 saturated heterocycles. The minimum atomic E-state index is -0.568. The van der Waals surface area contributed by atoms with Crippen LogP contribution in [0.5, 0.6) is 0 Å². The summed E-state index contributed by atoms with van der Waals surface area (Å²) in [4.78, 5) is 11.9. The maximum Gasteiger partial charge on any atom is 0.409 e. The third-order valence-electron chi connectivity index (χ3n) is 3.49. The van der Waals surface area contributed by atoms with E-state index in [0.717, 1.165) is 6.42 Å². The van der Waals surface area contributed by atoms with Crippen molar-refractivity contribution in [3.8, 4) is 0 Å². The van der Waals surface area contributed by atoms with E-state index in [1.54, 1.807) is 0 Å². The van der Waals surface area contributed by atoms with Crippen molar-refractivity contribution in [3.05, 3.63) is 35.4 Å². The van der Waals surface area contributed by atoms with Gasteiger partial charge in [0.15, 0.2) is 5.72 Å². The first-order valence-corrected chi connectivity index (χ1v) is 6.64. The van der Waals surface area contributed by atoms with E-state index in [1.807, 2.05) is 32.9 Å². The lowest BCUT2D eigenvalue weighted by atomic mass is 9.78. The number of alkyl carbamates (subject to hydrolysis) is 1. The standard InChI is InChI=1S/C15H19NO3/c1-14(2,3)19-13(17)16-15-8-10-6-4-5-7-11(10)12(9-15)18-15/h4-7,12H,8-9H2,1-3H3,(H,16,17). The molecule has 1 N–H and O–H groups in total. The highest BCUT2D eigenvalue weighted by Crippen LogP contribution is 2.49. The topological polar surface area (TPSA) is 47.6 Å². The average molecular weight is 261 g/mol. The smallest absolute Gasteiger partial charge is 0.409 e. The normalized spacial score (nSPS) is 28.1. The van der Waals surface area contributed by atoms with Crippen molar-refractivity contribution in [2.75, 3.05) is 0 Å². The zero-order chi connectivity index (χ0) is 13.7. The first-order chi connectivity index (χ1) is 8.87. The Bertz CT molecular complexity index is 512. The van der Waals surface area contributed by atoms with Gasteiger partial charge in [0.2, 0.25) is 0 Å². The summed E-state index contributed by atoms with van der Waals surface area (Å²) in [6.45, 7) is 5.56. The summed E-state index contributed by atoms with van der Waals surface area (Å²) < 4.78 is 11.2. The number of rotatable bonds is 1. The second-order valence-corrected chi connectivity index (χ2v) is 6.31. The van der Waals surface area contributed by atoms with Gasteiger partial charge >= 0.3 is 6.09 Å². The number of carbonyl (C=O) groups is 1. The quantitative estimate of drug-likeness (QED) is 0.845. The van der Waals surface area contributed by atoms with Crippen LogP contribution in [-0.4, -0.2) is 17.4 Å². The molecule has 0 saturated carbocycles. The SMILES string of the molecule is CC(C)(C)OC(=O)NC12Cc3ccccc3C(C1)O2. The van der Waals surface area contributed by atoms with E-state index < -0.39 is 17.4 Å². The Morgan fingerprint density at radius 1 is 1.42 bits per heavy atom. The summed E-state index contributed by atoms with van der Waals surface area (Å²) in [7, 11) is 0. The lowest BCUT2D eigenvalue weighted by Gasteiger charge is -2.52. The summed E-state index contributed by atoms with van der Waals surface area (Å²) in [5.41, 5.74) is 1.44. The van der Waals surface area contributed by atoms with Gasteiger partial charge in [-0.05, 0) is 31.9 Å². The molecule has 1 aromatic rings. The Morgan fingerprint density at radius 3 is 2.79 bits per heavy atom. The summed E-state index contributed by atoms with van der Waals surface area (Å²) in [6.07, 6.45) is 1.23. The van der Waals surface area contributed by atoms with E-state index in [4.69, 9.17) is 9.47 Å². The Labute approximate surface area is 113 Å². The van der Waals surface area contributed by atoms with Crippen molar-refractivity contribution in [3.63, 3.8) is 0 Å². The zero-order valence-corrected chi connectivity index (χ0v) is 11.5. The first kappa shape index (κ1) is 12.5. The Balaban J connectivity index is 1.71. The van der Waals surface area contributed by atoms with Gasteiger partial charge in [-0.3, -0.25) is 5.32 Å². The number of carbonyl (C=O) groups excluding carboxylic acids is 1. The van der Waals surface area contributed by atoms with E-state index in [1.165, 1.54) is 11.1 Å². The Hall–Kier alpha value is -1.55.